The number of nitrogens with two attached hydrogens (primary N) is 1. The number of likely N-dealkylation sites (tertiary alicyclic amines) is 1. The van der Waals surface area contributed by atoms with E-state index in [2.05, 4.69) is 0 Å². The number of amides is 1. The van der Waals surface area contributed by atoms with Gasteiger partial charge in [0.15, 0.2) is 0 Å². The van der Waals surface area contributed by atoms with E-state index >= 15 is 0 Å². The topological polar surface area (TPSA) is 98.7 Å². The monoisotopic (exact) mass is 321 g/mol. The fourth-order valence-corrected chi connectivity index (χ4v) is 2.57. The number of piperidine rings is 1. The van der Waals surface area contributed by atoms with Crippen LogP contribution in [0.4, 0.5) is 5.69 Å². The third-order valence-electron chi connectivity index (χ3n) is 3.96. The Balaban J connectivity index is 1.78. The number of nitrogens with zero attached hydrogens (tertiary/aromatic N) is 2. The molecular weight excluding hydrogens is 298 g/mol. The molecule has 0 saturated carbocycles. The standard InChI is InChI=1S/C16H23N3O4/c1-12(17)2-7-16(20)18-10-8-15(9-11-18)23-14-5-3-13(4-6-14)19(21)22/h3-6,12,15H,2,7-11,17H2,1H3. The van der Waals surface area contributed by atoms with E-state index in [1.54, 1.807) is 12.1 Å². The number of non-ortho nitro benzene ring substituents is 1. The van der Waals surface area contributed by atoms with Crippen molar-refractivity contribution in [2.45, 2.75) is 44.8 Å². The van der Waals surface area contributed by atoms with Crippen LogP contribution in [0.25, 0.3) is 0 Å². The van der Waals surface area contributed by atoms with Crippen LogP contribution in [0, 0.1) is 10.1 Å². The molecule has 1 heterocycles. The second-order valence-corrected chi connectivity index (χ2v) is 5.96. The van der Waals surface area contributed by atoms with Crippen molar-refractivity contribution >= 4 is 11.6 Å². The van der Waals surface area contributed by atoms with Crippen LogP contribution in [0.3, 0.4) is 0 Å². The maximum absolute atomic E-state index is 12.0. The fraction of sp³-hybridized carbons (Fsp3) is 0.562. The van der Waals surface area contributed by atoms with Crippen LogP contribution in [-0.2, 0) is 4.79 Å². The molecule has 0 bridgehead atoms. The van der Waals surface area contributed by atoms with Crippen LogP contribution in [-0.4, -0.2) is 41.0 Å². The van der Waals surface area contributed by atoms with Crippen molar-refractivity contribution in [1.29, 1.82) is 0 Å². The molecule has 1 aliphatic heterocycles. The zero-order valence-electron chi connectivity index (χ0n) is 13.3. The largest absolute Gasteiger partial charge is 0.490 e. The van der Waals surface area contributed by atoms with Gasteiger partial charge in [0.2, 0.25) is 5.91 Å². The molecule has 1 amide bonds. The van der Waals surface area contributed by atoms with Gasteiger partial charge in [-0.25, -0.2) is 0 Å². The Hall–Kier alpha value is -2.15. The van der Waals surface area contributed by atoms with Crippen molar-refractivity contribution in [3.63, 3.8) is 0 Å². The summed E-state index contributed by atoms with van der Waals surface area (Å²) in [6.45, 7) is 3.25. The van der Waals surface area contributed by atoms with E-state index in [0.29, 0.717) is 31.7 Å². The van der Waals surface area contributed by atoms with Crippen molar-refractivity contribution in [2.24, 2.45) is 5.73 Å². The number of carbonyl (C=O) groups excluding carboxylic acids is 1. The van der Waals surface area contributed by atoms with E-state index in [1.807, 2.05) is 11.8 Å². The van der Waals surface area contributed by atoms with Gasteiger partial charge in [0.25, 0.3) is 5.69 Å². The lowest BCUT2D eigenvalue weighted by Gasteiger charge is -2.32. The summed E-state index contributed by atoms with van der Waals surface area (Å²) in [5.74, 6) is 0.772. The summed E-state index contributed by atoms with van der Waals surface area (Å²) in [5, 5.41) is 10.6. The Morgan fingerprint density at radius 1 is 1.39 bits per heavy atom. The molecule has 1 fully saturated rings. The lowest BCUT2D eigenvalue weighted by Crippen LogP contribution is -2.42. The van der Waals surface area contributed by atoms with Gasteiger partial charge >= 0.3 is 0 Å². The van der Waals surface area contributed by atoms with Gasteiger partial charge in [-0.3, -0.25) is 14.9 Å². The van der Waals surface area contributed by atoms with E-state index in [-0.39, 0.29) is 23.7 Å². The van der Waals surface area contributed by atoms with Crippen molar-refractivity contribution < 1.29 is 14.5 Å². The summed E-state index contributed by atoms with van der Waals surface area (Å²) >= 11 is 0. The lowest BCUT2D eigenvalue weighted by molar-refractivity contribution is -0.384. The molecule has 1 unspecified atom stereocenters. The summed E-state index contributed by atoms with van der Waals surface area (Å²) in [4.78, 5) is 24.1. The molecule has 0 radical (unpaired) electrons. The molecule has 1 saturated heterocycles. The Morgan fingerprint density at radius 2 is 2.00 bits per heavy atom. The maximum Gasteiger partial charge on any atom is 0.269 e. The summed E-state index contributed by atoms with van der Waals surface area (Å²) in [6, 6.07) is 6.13. The van der Waals surface area contributed by atoms with Gasteiger partial charge in [-0.05, 0) is 25.5 Å². The minimum atomic E-state index is -0.434. The molecule has 1 aromatic carbocycles. The van der Waals surface area contributed by atoms with Gasteiger partial charge in [0.1, 0.15) is 11.9 Å². The van der Waals surface area contributed by atoms with Crippen molar-refractivity contribution in [1.82, 2.24) is 4.90 Å². The molecule has 2 N–H and O–H groups in total. The Morgan fingerprint density at radius 3 is 2.52 bits per heavy atom. The number of carbonyl (C=O) groups is 1. The van der Waals surface area contributed by atoms with E-state index in [1.165, 1.54) is 12.1 Å². The Kier molecular flexibility index (Phi) is 5.92. The number of ether oxygens (including phenoxy) is 1. The maximum atomic E-state index is 12.0. The summed E-state index contributed by atoms with van der Waals surface area (Å²) in [5.41, 5.74) is 5.72. The molecule has 0 aliphatic carbocycles. The fourth-order valence-electron chi connectivity index (χ4n) is 2.57. The molecule has 1 atom stereocenters. The van der Waals surface area contributed by atoms with E-state index in [9.17, 15) is 14.9 Å². The number of rotatable bonds is 6. The van der Waals surface area contributed by atoms with Crippen LogP contribution >= 0.6 is 0 Å². The normalized spacial score (nSPS) is 16.9. The molecule has 0 aromatic heterocycles. The van der Waals surface area contributed by atoms with Crippen LogP contribution in [0.2, 0.25) is 0 Å². The zero-order chi connectivity index (χ0) is 16.8. The second kappa shape index (κ2) is 7.92. The predicted molar refractivity (Wildman–Crippen MR) is 86.2 cm³/mol. The molecule has 1 aromatic rings. The number of hydrogen-bond acceptors (Lipinski definition) is 5. The average molecular weight is 321 g/mol. The highest BCUT2D eigenvalue weighted by molar-refractivity contribution is 5.76. The zero-order valence-corrected chi connectivity index (χ0v) is 13.3. The van der Waals surface area contributed by atoms with Crippen LogP contribution < -0.4 is 10.5 Å². The third-order valence-corrected chi connectivity index (χ3v) is 3.96. The minimum absolute atomic E-state index is 0.0361. The second-order valence-electron chi connectivity index (χ2n) is 5.96. The van der Waals surface area contributed by atoms with Crippen molar-refractivity contribution in [3.05, 3.63) is 34.4 Å². The van der Waals surface area contributed by atoms with E-state index in [4.69, 9.17) is 10.5 Å². The Bertz CT molecular complexity index is 537. The van der Waals surface area contributed by atoms with Gasteiger partial charge in [-0.2, -0.15) is 0 Å². The Labute approximate surface area is 135 Å². The lowest BCUT2D eigenvalue weighted by atomic mass is 10.1. The molecule has 23 heavy (non-hydrogen) atoms. The first kappa shape index (κ1) is 17.2. The van der Waals surface area contributed by atoms with Crippen molar-refractivity contribution in [2.75, 3.05) is 13.1 Å². The van der Waals surface area contributed by atoms with Gasteiger partial charge in [-0.15, -0.1) is 0 Å². The van der Waals surface area contributed by atoms with E-state index < -0.39 is 4.92 Å². The number of nitro benzene ring substituents is 1. The molecule has 7 nitrogen and oxygen atoms in total. The average Bonchev–Trinajstić information content (AvgIpc) is 2.54. The van der Waals surface area contributed by atoms with E-state index in [0.717, 1.165) is 12.8 Å². The van der Waals surface area contributed by atoms with Crippen LogP contribution in [0.15, 0.2) is 24.3 Å². The third kappa shape index (κ3) is 5.21. The van der Waals surface area contributed by atoms with Crippen LogP contribution in [0.1, 0.15) is 32.6 Å². The SMILES string of the molecule is CC(N)CCC(=O)N1CCC(Oc2ccc([N+](=O)[O-])cc2)CC1. The highest BCUT2D eigenvalue weighted by Crippen LogP contribution is 2.22. The smallest absolute Gasteiger partial charge is 0.269 e. The summed E-state index contributed by atoms with van der Waals surface area (Å²) in [6.07, 6.45) is 2.76. The highest BCUT2D eigenvalue weighted by Gasteiger charge is 2.23. The van der Waals surface area contributed by atoms with Crippen LogP contribution in [0.5, 0.6) is 5.75 Å². The number of benzene rings is 1. The van der Waals surface area contributed by atoms with Gasteiger partial charge in [0, 0.05) is 50.5 Å². The van der Waals surface area contributed by atoms with Gasteiger partial charge in [-0.1, -0.05) is 0 Å². The number of nitro groups is 1. The molecule has 2 rings (SSSR count). The molecular formula is C16H23N3O4. The first-order valence-electron chi connectivity index (χ1n) is 7.90. The minimum Gasteiger partial charge on any atom is -0.490 e. The highest BCUT2D eigenvalue weighted by atomic mass is 16.6. The molecule has 1 aliphatic rings. The summed E-state index contributed by atoms with van der Waals surface area (Å²) < 4.78 is 5.84. The van der Waals surface area contributed by atoms with Gasteiger partial charge in [0.05, 0.1) is 4.92 Å². The van der Waals surface area contributed by atoms with Gasteiger partial charge < -0.3 is 15.4 Å². The molecule has 0 spiro atoms. The molecule has 126 valence electrons. The molecule has 7 heteroatoms. The first-order valence-corrected chi connectivity index (χ1v) is 7.90. The predicted octanol–water partition coefficient (Wildman–Crippen LogP) is 2.09. The van der Waals surface area contributed by atoms with Crippen molar-refractivity contribution in [3.8, 4) is 5.75 Å². The number of hydrogen-bond donors (Lipinski definition) is 1. The first-order chi connectivity index (χ1) is 11.0. The quantitative estimate of drug-likeness (QED) is 0.639. The summed E-state index contributed by atoms with van der Waals surface area (Å²) in [7, 11) is 0.